The third kappa shape index (κ3) is 2.15. The smallest absolute Gasteiger partial charge is 0.126 e. The average molecular weight is 235 g/mol. The maximum atomic E-state index is 13.1. The molecule has 0 aliphatic carbocycles. The van der Waals surface area contributed by atoms with Crippen molar-refractivity contribution in [1.82, 2.24) is 0 Å². The number of hydrogen-bond acceptors (Lipinski definition) is 2. The van der Waals surface area contributed by atoms with Crippen molar-refractivity contribution in [1.29, 1.82) is 0 Å². The van der Waals surface area contributed by atoms with Crippen molar-refractivity contribution in [3.8, 4) is 0 Å². The van der Waals surface area contributed by atoms with Crippen LogP contribution in [0.3, 0.4) is 0 Å². The van der Waals surface area contributed by atoms with Crippen LogP contribution in [0.4, 0.5) is 4.39 Å². The van der Waals surface area contributed by atoms with Gasteiger partial charge in [-0.25, -0.2) is 4.39 Å². The zero-order chi connectivity index (χ0) is 11.7. The second-order valence-corrected chi connectivity index (χ2v) is 5.09. The van der Waals surface area contributed by atoms with E-state index in [4.69, 9.17) is 5.73 Å². The summed E-state index contributed by atoms with van der Waals surface area (Å²) in [5, 5.41) is 2.05. The first-order chi connectivity index (χ1) is 7.58. The largest absolute Gasteiger partial charge is 0.320 e. The fourth-order valence-electron chi connectivity index (χ4n) is 1.68. The van der Waals surface area contributed by atoms with Gasteiger partial charge in [-0.15, -0.1) is 11.3 Å². The summed E-state index contributed by atoms with van der Waals surface area (Å²) in [6.07, 6.45) is 0. The topological polar surface area (TPSA) is 26.0 Å². The van der Waals surface area contributed by atoms with Gasteiger partial charge in [-0.05, 0) is 48.1 Å². The Morgan fingerprint density at radius 2 is 1.94 bits per heavy atom. The lowest BCUT2D eigenvalue weighted by Crippen LogP contribution is -2.11. The molecule has 1 nitrogen and oxygen atoms in total. The summed E-state index contributed by atoms with van der Waals surface area (Å²) in [6.45, 7) is 3.81. The van der Waals surface area contributed by atoms with Crippen molar-refractivity contribution in [3.63, 3.8) is 0 Å². The monoisotopic (exact) mass is 235 g/mol. The third-order valence-corrected chi connectivity index (χ3v) is 3.53. The van der Waals surface area contributed by atoms with Crippen molar-refractivity contribution >= 4 is 11.3 Å². The van der Waals surface area contributed by atoms with E-state index in [1.54, 1.807) is 24.3 Å². The van der Waals surface area contributed by atoms with E-state index in [1.165, 1.54) is 10.9 Å². The van der Waals surface area contributed by atoms with Crippen LogP contribution >= 0.6 is 11.3 Å². The van der Waals surface area contributed by atoms with Crippen LogP contribution in [-0.2, 0) is 0 Å². The second-order valence-electron chi connectivity index (χ2n) is 3.98. The van der Waals surface area contributed by atoms with Gasteiger partial charge >= 0.3 is 0 Å². The first-order valence-corrected chi connectivity index (χ1v) is 6.02. The highest BCUT2D eigenvalue weighted by atomic mass is 32.1. The zero-order valence-corrected chi connectivity index (χ0v) is 10.1. The highest BCUT2D eigenvalue weighted by molar-refractivity contribution is 7.10. The van der Waals surface area contributed by atoms with Crippen LogP contribution < -0.4 is 5.73 Å². The Labute approximate surface area is 98.7 Å². The van der Waals surface area contributed by atoms with Gasteiger partial charge in [-0.2, -0.15) is 0 Å². The molecule has 1 aromatic heterocycles. The van der Waals surface area contributed by atoms with Gasteiger partial charge in [0.1, 0.15) is 5.82 Å². The predicted molar refractivity (Wildman–Crippen MR) is 66.2 cm³/mol. The lowest BCUT2D eigenvalue weighted by atomic mass is 10.00. The van der Waals surface area contributed by atoms with E-state index in [0.29, 0.717) is 5.56 Å². The molecular weight excluding hydrogens is 221 g/mol. The van der Waals surface area contributed by atoms with Crippen LogP contribution in [0.2, 0.25) is 0 Å². The van der Waals surface area contributed by atoms with Gasteiger partial charge in [0.2, 0.25) is 0 Å². The molecule has 0 saturated heterocycles. The van der Waals surface area contributed by atoms with E-state index in [1.807, 2.05) is 6.07 Å². The predicted octanol–water partition coefficient (Wildman–Crippen LogP) is 3.55. The highest BCUT2D eigenvalue weighted by Crippen LogP contribution is 2.25. The van der Waals surface area contributed by atoms with Crippen molar-refractivity contribution in [2.75, 3.05) is 0 Å². The summed E-state index contributed by atoms with van der Waals surface area (Å²) in [5.41, 5.74) is 8.82. The van der Waals surface area contributed by atoms with E-state index in [0.717, 1.165) is 11.1 Å². The average Bonchev–Trinajstić information content (AvgIpc) is 2.68. The SMILES string of the molecule is Cc1cc(C(N)c2ccc(F)c(C)c2)cs1. The lowest BCUT2D eigenvalue weighted by molar-refractivity contribution is 0.617. The molecule has 0 fully saturated rings. The van der Waals surface area contributed by atoms with E-state index in [9.17, 15) is 4.39 Å². The molecule has 0 aliphatic rings. The lowest BCUT2D eigenvalue weighted by Gasteiger charge is -2.11. The summed E-state index contributed by atoms with van der Waals surface area (Å²) in [5.74, 6) is -0.183. The molecule has 2 aromatic rings. The van der Waals surface area contributed by atoms with Crippen LogP contribution in [0.1, 0.15) is 27.6 Å². The summed E-state index contributed by atoms with van der Waals surface area (Å²) in [4.78, 5) is 1.24. The molecule has 84 valence electrons. The van der Waals surface area contributed by atoms with Crippen molar-refractivity contribution in [3.05, 3.63) is 57.0 Å². The summed E-state index contributed by atoms with van der Waals surface area (Å²) < 4.78 is 13.1. The zero-order valence-electron chi connectivity index (χ0n) is 9.33. The Kier molecular flexibility index (Phi) is 3.08. The fraction of sp³-hybridized carbons (Fsp3) is 0.231. The van der Waals surface area contributed by atoms with E-state index in [2.05, 4.69) is 18.4 Å². The van der Waals surface area contributed by atoms with Gasteiger partial charge in [0.25, 0.3) is 0 Å². The molecule has 2 N–H and O–H groups in total. The Morgan fingerprint density at radius 1 is 1.19 bits per heavy atom. The van der Waals surface area contributed by atoms with Crippen LogP contribution in [0, 0.1) is 19.7 Å². The Bertz CT molecular complexity index is 504. The van der Waals surface area contributed by atoms with E-state index in [-0.39, 0.29) is 11.9 Å². The minimum Gasteiger partial charge on any atom is -0.320 e. The number of thiophene rings is 1. The molecule has 0 spiro atoms. The molecule has 0 saturated carbocycles. The van der Waals surface area contributed by atoms with Crippen molar-refractivity contribution in [2.45, 2.75) is 19.9 Å². The molecule has 1 atom stereocenters. The number of nitrogens with two attached hydrogens (primary N) is 1. The molecule has 0 amide bonds. The minimum absolute atomic E-state index is 0.163. The molecule has 2 rings (SSSR count). The summed E-state index contributed by atoms with van der Waals surface area (Å²) >= 11 is 1.68. The first-order valence-electron chi connectivity index (χ1n) is 5.14. The summed E-state index contributed by atoms with van der Waals surface area (Å²) in [7, 11) is 0. The van der Waals surface area contributed by atoms with Gasteiger partial charge in [-0.1, -0.05) is 12.1 Å². The highest BCUT2D eigenvalue weighted by Gasteiger charge is 2.11. The number of halogens is 1. The maximum Gasteiger partial charge on any atom is 0.126 e. The van der Waals surface area contributed by atoms with Crippen molar-refractivity contribution < 1.29 is 4.39 Å². The third-order valence-electron chi connectivity index (χ3n) is 2.65. The van der Waals surface area contributed by atoms with Gasteiger partial charge < -0.3 is 5.73 Å². The molecule has 16 heavy (non-hydrogen) atoms. The molecule has 1 aromatic carbocycles. The number of hydrogen-bond donors (Lipinski definition) is 1. The Hall–Kier alpha value is -1.19. The Morgan fingerprint density at radius 3 is 2.50 bits per heavy atom. The molecular formula is C13H14FNS. The molecule has 0 bridgehead atoms. The van der Waals surface area contributed by atoms with Crippen LogP contribution in [-0.4, -0.2) is 0 Å². The molecule has 3 heteroatoms. The maximum absolute atomic E-state index is 13.1. The second kappa shape index (κ2) is 4.36. The van der Waals surface area contributed by atoms with Crippen LogP contribution in [0.15, 0.2) is 29.6 Å². The van der Waals surface area contributed by atoms with Gasteiger partial charge in [0.15, 0.2) is 0 Å². The number of benzene rings is 1. The van der Waals surface area contributed by atoms with Gasteiger partial charge in [-0.3, -0.25) is 0 Å². The molecule has 0 aliphatic heterocycles. The molecule has 1 heterocycles. The first kappa shape index (κ1) is 11.3. The fourth-order valence-corrected chi connectivity index (χ4v) is 2.42. The van der Waals surface area contributed by atoms with Crippen LogP contribution in [0.5, 0.6) is 0 Å². The Balaban J connectivity index is 2.33. The summed E-state index contributed by atoms with van der Waals surface area (Å²) in [6, 6.07) is 6.95. The normalized spacial score (nSPS) is 12.8. The number of rotatable bonds is 2. The van der Waals surface area contributed by atoms with Crippen molar-refractivity contribution in [2.24, 2.45) is 5.73 Å². The minimum atomic E-state index is -0.183. The number of aryl methyl sites for hydroxylation is 2. The van der Waals surface area contributed by atoms with E-state index >= 15 is 0 Å². The molecule has 0 radical (unpaired) electrons. The molecule has 1 unspecified atom stereocenters. The van der Waals surface area contributed by atoms with E-state index < -0.39 is 0 Å². The van der Waals surface area contributed by atoms with Gasteiger partial charge in [0.05, 0.1) is 6.04 Å². The van der Waals surface area contributed by atoms with Gasteiger partial charge in [0, 0.05) is 4.88 Å². The quantitative estimate of drug-likeness (QED) is 0.846. The standard InChI is InChI=1S/C13H14FNS/c1-8-5-10(3-4-12(8)14)13(15)11-6-9(2)16-7-11/h3-7,13H,15H2,1-2H3. The van der Waals surface area contributed by atoms with Crippen LogP contribution in [0.25, 0.3) is 0 Å².